The normalized spacial score (nSPS) is 10.9. The van der Waals surface area contributed by atoms with Crippen molar-refractivity contribution in [3.8, 4) is 5.75 Å². The summed E-state index contributed by atoms with van der Waals surface area (Å²) in [7, 11) is 0. The molecule has 4 aromatic rings. The van der Waals surface area contributed by atoms with Gasteiger partial charge in [0.05, 0.1) is 6.54 Å². The Bertz CT molecular complexity index is 1230. The first-order valence-corrected chi connectivity index (χ1v) is 10.4. The van der Waals surface area contributed by atoms with Gasteiger partial charge in [-0.15, -0.1) is 0 Å². The minimum Gasteiger partial charge on any atom is -0.486 e. The molecule has 9 heteroatoms. The molecule has 164 valence electrons. The summed E-state index contributed by atoms with van der Waals surface area (Å²) in [5, 5.41) is 8.22. The molecular weight excluding hydrogens is 456 g/mol. The van der Waals surface area contributed by atoms with E-state index in [1.807, 2.05) is 6.92 Å². The zero-order valence-corrected chi connectivity index (χ0v) is 18.5. The van der Waals surface area contributed by atoms with Crippen molar-refractivity contribution in [2.45, 2.75) is 20.1 Å². The largest absolute Gasteiger partial charge is 0.486 e. The van der Waals surface area contributed by atoms with Gasteiger partial charge in [0.25, 0.3) is 5.91 Å². The number of rotatable bonds is 7. The molecule has 0 unspecified atom stereocenters. The van der Waals surface area contributed by atoms with Crippen LogP contribution in [0.4, 0.5) is 10.2 Å². The number of carbonyl (C=O) groups is 1. The second-order valence-electron chi connectivity index (χ2n) is 6.99. The van der Waals surface area contributed by atoms with Crippen molar-refractivity contribution in [3.63, 3.8) is 0 Å². The summed E-state index contributed by atoms with van der Waals surface area (Å²) in [5.41, 5.74) is 1.57. The van der Waals surface area contributed by atoms with Gasteiger partial charge in [-0.25, -0.2) is 4.39 Å². The number of amides is 1. The van der Waals surface area contributed by atoms with Crippen LogP contribution in [0.1, 0.15) is 27.6 Å². The van der Waals surface area contributed by atoms with E-state index in [0.29, 0.717) is 33.9 Å². The molecule has 1 amide bonds. The van der Waals surface area contributed by atoms with E-state index >= 15 is 0 Å². The maximum atomic E-state index is 13.0. The molecule has 0 bridgehead atoms. The standard InChI is InChI=1S/C23H18Cl2FN3O3/c1-14-11-22(28-29(14)12-18-19(24)3-2-4-20(18)25)27-23(30)21-10-9-17(32-21)13-31-16-7-5-15(26)6-8-16/h2-11H,12-13H2,1H3,(H,27,28,30). The molecule has 0 aliphatic rings. The van der Waals surface area contributed by atoms with Gasteiger partial charge in [-0.1, -0.05) is 29.3 Å². The van der Waals surface area contributed by atoms with Crippen molar-refractivity contribution in [2.24, 2.45) is 0 Å². The minimum atomic E-state index is -0.446. The average Bonchev–Trinajstić information content (AvgIpc) is 3.37. The van der Waals surface area contributed by atoms with E-state index in [9.17, 15) is 9.18 Å². The molecule has 4 rings (SSSR count). The van der Waals surface area contributed by atoms with Crippen molar-refractivity contribution in [2.75, 3.05) is 5.32 Å². The van der Waals surface area contributed by atoms with E-state index in [1.54, 1.807) is 41.1 Å². The van der Waals surface area contributed by atoms with E-state index in [1.165, 1.54) is 24.3 Å². The highest BCUT2D eigenvalue weighted by Gasteiger charge is 2.15. The summed E-state index contributed by atoms with van der Waals surface area (Å²) in [4.78, 5) is 12.5. The fourth-order valence-corrected chi connectivity index (χ4v) is 3.52. The summed E-state index contributed by atoms with van der Waals surface area (Å²) in [6.07, 6.45) is 0. The van der Waals surface area contributed by atoms with E-state index < -0.39 is 5.91 Å². The number of furan rings is 1. The molecule has 0 aliphatic carbocycles. The highest BCUT2D eigenvalue weighted by molar-refractivity contribution is 6.35. The maximum Gasteiger partial charge on any atom is 0.292 e. The Morgan fingerprint density at radius 2 is 1.84 bits per heavy atom. The van der Waals surface area contributed by atoms with Gasteiger partial charge >= 0.3 is 0 Å². The van der Waals surface area contributed by atoms with Crippen molar-refractivity contribution in [3.05, 3.63) is 99.3 Å². The quantitative estimate of drug-likeness (QED) is 0.351. The van der Waals surface area contributed by atoms with Crippen molar-refractivity contribution in [1.82, 2.24) is 9.78 Å². The highest BCUT2D eigenvalue weighted by atomic mass is 35.5. The lowest BCUT2D eigenvalue weighted by atomic mass is 10.2. The van der Waals surface area contributed by atoms with Gasteiger partial charge in [0.2, 0.25) is 0 Å². The topological polar surface area (TPSA) is 69.3 Å². The smallest absolute Gasteiger partial charge is 0.292 e. The monoisotopic (exact) mass is 473 g/mol. The summed E-state index contributed by atoms with van der Waals surface area (Å²) >= 11 is 12.5. The van der Waals surface area contributed by atoms with Crippen LogP contribution in [-0.4, -0.2) is 15.7 Å². The number of nitrogens with one attached hydrogen (secondary N) is 1. The number of hydrogen-bond acceptors (Lipinski definition) is 4. The van der Waals surface area contributed by atoms with E-state index in [4.69, 9.17) is 32.4 Å². The maximum absolute atomic E-state index is 13.0. The predicted molar refractivity (Wildman–Crippen MR) is 120 cm³/mol. The first-order chi connectivity index (χ1) is 15.4. The van der Waals surface area contributed by atoms with Crippen molar-refractivity contribution < 1.29 is 18.3 Å². The third-order valence-corrected chi connectivity index (χ3v) is 5.38. The van der Waals surface area contributed by atoms with Crippen LogP contribution >= 0.6 is 23.2 Å². The fourth-order valence-electron chi connectivity index (χ4n) is 3.01. The number of halogens is 3. The van der Waals surface area contributed by atoms with Crippen molar-refractivity contribution in [1.29, 1.82) is 0 Å². The Balaban J connectivity index is 1.39. The van der Waals surface area contributed by atoms with Gasteiger partial charge in [0.1, 0.15) is 23.9 Å². The van der Waals surface area contributed by atoms with Crippen molar-refractivity contribution >= 4 is 34.9 Å². The molecule has 32 heavy (non-hydrogen) atoms. The number of nitrogens with zero attached hydrogens (tertiary/aromatic N) is 2. The molecular formula is C23H18Cl2FN3O3. The molecule has 0 fully saturated rings. The molecule has 2 aromatic heterocycles. The lowest BCUT2D eigenvalue weighted by Gasteiger charge is -2.08. The predicted octanol–water partition coefficient (Wildman–Crippen LogP) is 6.11. The van der Waals surface area contributed by atoms with Gasteiger partial charge in [-0.3, -0.25) is 9.48 Å². The number of benzene rings is 2. The number of anilines is 1. The number of ether oxygens (including phenoxy) is 1. The van der Waals surface area contributed by atoms with E-state index in [0.717, 1.165) is 11.3 Å². The average molecular weight is 474 g/mol. The second-order valence-corrected chi connectivity index (χ2v) is 7.81. The Labute approximate surface area is 193 Å². The van der Waals surface area contributed by atoms with E-state index in [-0.39, 0.29) is 18.2 Å². The molecule has 0 spiro atoms. The van der Waals surface area contributed by atoms with Crippen LogP contribution in [0.15, 0.2) is 65.1 Å². The van der Waals surface area contributed by atoms with Gasteiger partial charge in [-0.2, -0.15) is 5.10 Å². The number of aryl methyl sites for hydroxylation is 1. The van der Waals surface area contributed by atoms with Gasteiger partial charge in [0, 0.05) is 27.4 Å². The van der Waals surface area contributed by atoms with Gasteiger partial charge < -0.3 is 14.5 Å². The molecule has 0 atom stereocenters. The third-order valence-electron chi connectivity index (χ3n) is 4.67. The van der Waals surface area contributed by atoms with Crippen LogP contribution in [0.2, 0.25) is 10.0 Å². The highest BCUT2D eigenvalue weighted by Crippen LogP contribution is 2.26. The molecule has 0 radical (unpaired) electrons. The lowest BCUT2D eigenvalue weighted by Crippen LogP contribution is -2.12. The molecule has 6 nitrogen and oxygen atoms in total. The molecule has 1 N–H and O–H groups in total. The zero-order valence-electron chi connectivity index (χ0n) is 16.9. The zero-order chi connectivity index (χ0) is 22.7. The Morgan fingerprint density at radius 1 is 1.12 bits per heavy atom. The first-order valence-electron chi connectivity index (χ1n) is 9.65. The molecule has 0 saturated heterocycles. The van der Waals surface area contributed by atoms with Crippen LogP contribution in [0.5, 0.6) is 5.75 Å². The van der Waals surface area contributed by atoms with Crippen LogP contribution in [0, 0.1) is 12.7 Å². The van der Waals surface area contributed by atoms with Gasteiger partial charge in [0.15, 0.2) is 11.6 Å². The first kappa shape index (κ1) is 21.9. The van der Waals surface area contributed by atoms with Crippen LogP contribution < -0.4 is 10.1 Å². The number of carbonyl (C=O) groups excluding carboxylic acids is 1. The van der Waals surface area contributed by atoms with Crippen LogP contribution in [0.3, 0.4) is 0 Å². The van der Waals surface area contributed by atoms with Crippen LogP contribution in [0.25, 0.3) is 0 Å². The molecule has 0 aliphatic heterocycles. The van der Waals surface area contributed by atoms with Crippen LogP contribution in [-0.2, 0) is 13.2 Å². The fraction of sp³-hybridized carbons (Fsp3) is 0.130. The Hall–Kier alpha value is -3.29. The summed E-state index contributed by atoms with van der Waals surface area (Å²) in [6, 6.07) is 15.9. The molecule has 2 aromatic carbocycles. The minimum absolute atomic E-state index is 0.102. The van der Waals surface area contributed by atoms with E-state index in [2.05, 4.69) is 10.4 Å². The lowest BCUT2D eigenvalue weighted by molar-refractivity contribution is 0.0992. The summed E-state index contributed by atoms with van der Waals surface area (Å²) in [5.74, 6) is 0.642. The van der Waals surface area contributed by atoms with Gasteiger partial charge in [-0.05, 0) is 55.5 Å². The number of hydrogen-bond donors (Lipinski definition) is 1. The Kier molecular flexibility index (Phi) is 6.48. The SMILES string of the molecule is Cc1cc(NC(=O)c2ccc(COc3ccc(F)cc3)o2)nn1Cc1c(Cl)cccc1Cl. The second kappa shape index (κ2) is 9.46. The molecule has 0 saturated carbocycles. The summed E-state index contributed by atoms with van der Waals surface area (Å²) < 4.78 is 25.7. The number of aromatic nitrogens is 2. The third kappa shape index (κ3) is 5.12. The Morgan fingerprint density at radius 3 is 2.56 bits per heavy atom. The molecule has 2 heterocycles. The summed E-state index contributed by atoms with van der Waals surface area (Å²) in [6.45, 7) is 2.34.